The van der Waals surface area contributed by atoms with Crippen LogP contribution in [0, 0.1) is 11.3 Å². The minimum Gasteiger partial charge on any atom is -0.254 e. The van der Waals surface area contributed by atoms with Crippen molar-refractivity contribution in [2.45, 2.75) is 43.9 Å². The van der Waals surface area contributed by atoms with E-state index in [0.717, 1.165) is 4.90 Å². The van der Waals surface area contributed by atoms with Crippen molar-refractivity contribution in [3.63, 3.8) is 0 Å². The average Bonchev–Trinajstić information content (AvgIpc) is 2.28. The van der Waals surface area contributed by atoms with Gasteiger partial charge in [0.25, 0.3) is 0 Å². The maximum absolute atomic E-state index is 11.9. The van der Waals surface area contributed by atoms with Crippen LogP contribution in [-0.4, -0.2) is 9.96 Å². The molecule has 0 bridgehead atoms. The number of hydrogen-bond acceptors (Lipinski definition) is 2. The molecule has 0 heterocycles. The summed E-state index contributed by atoms with van der Waals surface area (Å²) in [5, 5.41) is 8.43. The lowest BCUT2D eigenvalue weighted by atomic mass is 9.87. The van der Waals surface area contributed by atoms with Gasteiger partial charge in [0.15, 0.2) is 0 Å². The molecule has 1 atom stereocenters. The van der Waals surface area contributed by atoms with Gasteiger partial charge in [0.2, 0.25) is 0 Å². The summed E-state index contributed by atoms with van der Waals surface area (Å²) >= 11 is 0. The highest BCUT2D eigenvalue weighted by atomic mass is 32.2. The van der Waals surface area contributed by atoms with Crippen LogP contribution < -0.4 is 0 Å². The van der Waals surface area contributed by atoms with E-state index < -0.39 is 10.8 Å². The molecule has 0 aliphatic rings. The highest BCUT2D eigenvalue weighted by Gasteiger charge is 2.13. The van der Waals surface area contributed by atoms with E-state index in [1.54, 1.807) is 0 Å². The van der Waals surface area contributed by atoms with Crippen molar-refractivity contribution >= 4 is 10.8 Å². The fraction of sp³-hybridized carbons (Fsp3) is 0.500. The molecule has 1 aromatic rings. The molecule has 0 aromatic heterocycles. The van der Waals surface area contributed by atoms with Crippen LogP contribution in [0.1, 0.15) is 39.2 Å². The van der Waals surface area contributed by atoms with Gasteiger partial charge in [-0.05, 0) is 29.5 Å². The number of rotatable bonds is 4. The summed E-state index contributed by atoms with van der Waals surface area (Å²) in [4.78, 5) is 0.857. The molecule has 0 saturated heterocycles. The van der Waals surface area contributed by atoms with Gasteiger partial charge < -0.3 is 0 Å². The van der Waals surface area contributed by atoms with E-state index in [4.69, 9.17) is 5.26 Å². The smallest absolute Gasteiger partial charge is 0.0622 e. The minimum atomic E-state index is -0.971. The highest BCUT2D eigenvalue weighted by Crippen LogP contribution is 2.23. The third-order valence-corrected chi connectivity index (χ3v) is 4.06. The van der Waals surface area contributed by atoms with Gasteiger partial charge in [0.1, 0.15) is 0 Å². The second kappa shape index (κ2) is 5.97. The van der Waals surface area contributed by atoms with Gasteiger partial charge in [-0.1, -0.05) is 32.9 Å². The van der Waals surface area contributed by atoms with Gasteiger partial charge >= 0.3 is 0 Å². The summed E-state index contributed by atoms with van der Waals surface area (Å²) in [6.07, 6.45) is 1.18. The SMILES string of the molecule is CC(C)(C)c1ccc(S(=O)CCCC#N)cc1. The molecule has 1 aromatic carbocycles. The topological polar surface area (TPSA) is 40.9 Å². The summed E-state index contributed by atoms with van der Waals surface area (Å²) in [6.45, 7) is 6.48. The first-order valence-electron chi connectivity index (χ1n) is 5.81. The standard InChI is InChI=1S/C14H19NOS/c1-14(2,3)12-6-8-13(9-7-12)17(16)11-5-4-10-15/h6-9H,4-5,11H2,1-3H3. The van der Waals surface area contributed by atoms with Crippen LogP contribution in [0.5, 0.6) is 0 Å². The first-order valence-corrected chi connectivity index (χ1v) is 7.13. The monoisotopic (exact) mass is 249 g/mol. The van der Waals surface area contributed by atoms with Gasteiger partial charge in [-0.15, -0.1) is 0 Å². The van der Waals surface area contributed by atoms with Crippen molar-refractivity contribution < 1.29 is 4.21 Å². The maximum Gasteiger partial charge on any atom is 0.0622 e. The van der Waals surface area contributed by atoms with Crippen LogP contribution in [0.25, 0.3) is 0 Å². The summed E-state index contributed by atoms with van der Waals surface area (Å²) in [7, 11) is -0.971. The molecule has 17 heavy (non-hydrogen) atoms. The molecule has 2 nitrogen and oxygen atoms in total. The predicted molar refractivity (Wildman–Crippen MR) is 71.3 cm³/mol. The second-order valence-electron chi connectivity index (χ2n) is 5.09. The normalized spacial score (nSPS) is 13.1. The summed E-state index contributed by atoms with van der Waals surface area (Å²) < 4.78 is 11.9. The van der Waals surface area contributed by atoms with E-state index in [1.165, 1.54) is 5.56 Å². The Labute approximate surface area is 106 Å². The van der Waals surface area contributed by atoms with Crippen molar-refractivity contribution in [3.05, 3.63) is 29.8 Å². The predicted octanol–water partition coefficient (Wildman–Crippen LogP) is 3.40. The number of nitriles is 1. The fourth-order valence-electron chi connectivity index (χ4n) is 1.51. The third-order valence-electron chi connectivity index (χ3n) is 2.60. The number of unbranched alkanes of at least 4 members (excludes halogenated alkanes) is 1. The third kappa shape index (κ3) is 4.32. The van der Waals surface area contributed by atoms with E-state index in [2.05, 4.69) is 26.8 Å². The molecular weight excluding hydrogens is 230 g/mol. The van der Waals surface area contributed by atoms with Crippen LogP contribution in [0.4, 0.5) is 0 Å². The van der Waals surface area contributed by atoms with Crippen molar-refractivity contribution in [2.24, 2.45) is 0 Å². The van der Waals surface area contributed by atoms with E-state index in [-0.39, 0.29) is 5.41 Å². The molecule has 0 radical (unpaired) electrons. The molecule has 0 aliphatic carbocycles. The Morgan fingerprint density at radius 1 is 1.24 bits per heavy atom. The molecule has 0 N–H and O–H groups in total. The molecule has 0 amide bonds. The van der Waals surface area contributed by atoms with Gasteiger partial charge in [0, 0.05) is 17.1 Å². The first-order chi connectivity index (χ1) is 7.95. The number of benzene rings is 1. The number of hydrogen-bond donors (Lipinski definition) is 0. The van der Waals surface area contributed by atoms with Crippen LogP contribution >= 0.6 is 0 Å². The quantitative estimate of drug-likeness (QED) is 0.767. The van der Waals surface area contributed by atoms with E-state index in [9.17, 15) is 4.21 Å². The molecule has 0 spiro atoms. The molecule has 0 fully saturated rings. The maximum atomic E-state index is 11.9. The Hall–Kier alpha value is -1.14. The van der Waals surface area contributed by atoms with Crippen molar-refractivity contribution in [1.29, 1.82) is 5.26 Å². The summed E-state index contributed by atoms with van der Waals surface area (Å²) in [5.74, 6) is 0.572. The van der Waals surface area contributed by atoms with Crippen LogP contribution in [0.3, 0.4) is 0 Å². The molecule has 1 rings (SSSR count). The largest absolute Gasteiger partial charge is 0.254 e. The summed E-state index contributed by atoms with van der Waals surface area (Å²) in [5.41, 5.74) is 1.37. The van der Waals surface area contributed by atoms with Crippen LogP contribution in [0.2, 0.25) is 0 Å². The zero-order valence-corrected chi connectivity index (χ0v) is 11.5. The fourth-order valence-corrected chi connectivity index (χ4v) is 2.59. The Kier molecular flexibility index (Phi) is 4.89. The zero-order valence-electron chi connectivity index (χ0n) is 10.7. The minimum absolute atomic E-state index is 0.126. The molecular formula is C14H19NOS. The zero-order chi connectivity index (χ0) is 12.9. The highest BCUT2D eigenvalue weighted by molar-refractivity contribution is 7.85. The Morgan fingerprint density at radius 3 is 2.29 bits per heavy atom. The molecule has 0 saturated carbocycles. The van der Waals surface area contributed by atoms with E-state index in [1.807, 2.05) is 24.3 Å². The molecule has 3 heteroatoms. The number of nitrogens with zero attached hydrogens (tertiary/aromatic N) is 1. The second-order valence-corrected chi connectivity index (χ2v) is 6.66. The molecule has 92 valence electrons. The summed E-state index contributed by atoms with van der Waals surface area (Å²) in [6, 6.07) is 10.0. The molecule has 1 unspecified atom stereocenters. The Morgan fingerprint density at radius 2 is 1.82 bits per heavy atom. The van der Waals surface area contributed by atoms with E-state index >= 15 is 0 Å². The molecule has 0 aliphatic heterocycles. The van der Waals surface area contributed by atoms with Crippen LogP contribution in [-0.2, 0) is 16.2 Å². The van der Waals surface area contributed by atoms with Gasteiger partial charge in [-0.25, -0.2) is 0 Å². The van der Waals surface area contributed by atoms with Crippen molar-refractivity contribution in [2.75, 3.05) is 5.75 Å². The van der Waals surface area contributed by atoms with Crippen molar-refractivity contribution in [1.82, 2.24) is 0 Å². The lowest BCUT2D eigenvalue weighted by molar-refractivity contribution is 0.589. The van der Waals surface area contributed by atoms with Gasteiger partial charge in [-0.2, -0.15) is 5.26 Å². The first kappa shape index (κ1) is 13.9. The lowest BCUT2D eigenvalue weighted by Gasteiger charge is -2.19. The average molecular weight is 249 g/mol. The van der Waals surface area contributed by atoms with Gasteiger partial charge in [-0.3, -0.25) is 4.21 Å². The van der Waals surface area contributed by atoms with Crippen molar-refractivity contribution in [3.8, 4) is 6.07 Å². The lowest BCUT2D eigenvalue weighted by Crippen LogP contribution is -2.11. The Bertz CT molecular complexity index is 423. The van der Waals surface area contributed by atoms with Gasteiger partial charge in [0.05, 0.1) is 16.9 Å². The van der Waals surface area contributed by atoms with E-state index in [0.29, 0.717) is 18.6 Å². The van der Waals surface area contributed by atoms with Crippen LogP contribution in [0.15, 0.2) is 29.2 Å². The Balaban J connectivity index is 2.68.